The van der Waals surface area contributed by atoms with Crippen molar-refractivity contribution in [1.29, 1.82) is 0 Å². The molecule has 13 heavy (non-hydrogen) atoms. The van der Waals surface area contributed by atoms with Gasteiger partial charge in [-0.25, -0.2) is 4.79 Å². The minimum atomic E-state index is -0.330. The van der Waals surface area contributed by atoms with Crippen molar-refractivity contribution in [2.45, 2.75) is 25.4 Å². The number of carbonyl (C=O) groups excluding carboxylic acids is 1. The van der Waals surface area contributed by atoms with Crippen LogP contribution in [0.4, 0.5) is 4.79 Å². The topological polar surface area (TPSA) is 64.3 Å². The Kier molecular flexibility index (Phi) is 1.91. The van der Waals surface area contributed by atoms with Crippen LogP contribution in [0, 0.1) is 5.41 Å². The highest BCUT2D eigenvalue weighted by atomic mass is 32.1. The molecule has 1 amide bonds. The lowest BCUT2D eigenvalue weighted by Gasteiger charge is -2.16. The van der Waals surface area contributed by atoms with Crippen LogP contribution < -0.4 is 11.1 Å². The monoisotopic (exact) mass is 200 g/mol. The molecule has 0 radical (unpaired) electrons. The van der Waals surface area contributed by atoms with Crippen LogP contribution in [-0.4, -0.2) is 23.7 Å². The lowest BCUT2D eigenvalue weighted by Crippen LogP contribution is -2.28. The first-order valence-electron chi connectivity index (χ1n) is 4.37. The molecule has 0 aromatic carbocycles. The summed E-state index contributed by atoms with van der Waals surface area (Å²) in [5, 5.41) is 2.61. The Bertz CT molecular complexity index is 263. The third-order valence-electron chi connectivity index (χ3n) is 2.74. The first-order chi connectivity index (χ1) is 6.12. The fourth-order valence-electron chi connectivity index (χ4n) is 1.68. The smallest absolute Gasteiger partial charge is 0.407 e. The maximum Gasteiger partial charge on any atom is 0.407 e. The zero-order chi connectivity index (χ0) is 9.47. The number of carbonyl (C=O) groups is 1. The van der Waals surface area contributed by atoms with Crippen LogP contribution in [0.15, 0.2) is 0 Å². The molecule has 2 rings (SSSR count). The molecule has 72 valence electrons. The van der Waals surface area contributed by atoms with Gasteiger partial charge in [-0.2, -0.15) is 0 Å². The molecular formula is C8H12N2O2S. The lowest BCUT2D eigenvalue weighted by atomic mass is 9.99. The van der Waals surface area contributed by atoms with Gasteiger partial charge in [-0.15, -0.1) is 0 Å². The van der Waals surface area contributed by atoms with E-state index in [9.17, 15) is 4.79 Å². The number of nitrogens with two attached hydrogens (primary N) is 1. The first kappa shape index (κ1) is 8.74. The molecule has 4 nitrogen and oxygen atoms in total. The van der Waals surface area contributed by atoms with Crippen molar-refractivity contribution in [3.63, 3.8) is 0 Å². The molecule has 2 aliphatic rings. The van der Waals surface area contributed by atoms with Crippen molar-refractivity contribution >= 4 is 23.3 Å². The van der Waals surface area contributed by atoms with Crippen LogP contribution in [0.5, 0.6) is 0 Å². The van der Waals surface area contributed by atoms with E-state index in [1.54, 1.807) is 0 Å². The van der Waals surface area contributed by atoms with Crippen molar-refractivity contribution in [2.24, 2.45) is 11.1 Å². The molecule has 1 atom stereocenters. The number of hydrogen-bond acceptors (Lipinski definition) is 3. The highest BCUT2D eigenvalue weighted by molar-refractivity contribution is 7.80. The summed E-state index contributed by atoms with van der Waals surface area (Å²) in [4.78, 5) is 11.3. The summed E-state index contributed by atoms with van der Waals surface area (Å²) in [7, 11) is 0. The standard InChI is InChI=1S/C8H12N2O2S/c9-6(13)8(1-2-8)3-5-4-10-7(11)12-5/h5H,1-4H2,(H2,9,13)(H,10,11). The van der Waals surface area contributed by atoms with Gasteiger partial charge in [-0.05, 0) is 19.3 Å². The number of amides is 1. The van der Waals surface area contributed by atoms with Crippen LogP contribution in [0.3, 0.4) is 0 Å². The second-order valence-electron chi connectivity index (χ2n) is 3.76. The Balaban J connectivity index is 1.91. The van der Waals surface area contributed by atoms with Gasteiger partial charge in [-0.1, -0.05) is 12.2 Å². The molecule has 1 saturated carbocycles. The van der Waals surface area contributed by atoms with Crippen LogP contribution >= 0.6 is 12.2 Å². The molecule has 0 spiro atoms. The molecule has 2 fully saturated rings. The van der Waals surface area contributed by atoms with Gasteiger partial charge in [0.1, 0.15) is 6.10 Å². The second kappa shape index (κ2) is 2.83. The summed E-state index contributed by atoms with van der Waals surface area (Å²) in [6.07, 6.45) is 2.48. The molecule has 3 N–H and O–H groups in total. The summed E-state index contributed by atoms with van der Waals surface area (Å²) in [5.41, 5.74) is 5.61. The third kappa shape index (κ3) is 1.60. The van der Waals surface area contributed by atoms with Gasteiger partial charge in [0.25, 0.3) is 0 Å². The Labute approximate surface area is 81.8 Å². The summed E-state index contributed by atoms with van der Waals surface area (Å²) >= 11 is 4.98. The summed E-state index contributed by atoms with van der Waals surface area (Å²) in [6, 6.07) is 0. The molecule has 1 unspecified atom stereocenters. The van der Waals surface area contributed by atoms with Gasteiger partial charge in [0, 0.05) is 5.41 Å². The van der Waals surface area contributed by atoms with Gasteiger partial charge in [0.2, 0.25) is 0 Å². The first-order valence-corrected chi connectivity index (χ1v) is 4.78. The zero-order valence-corrected chi connectivity index (χ0v) is 8.02. The van der Waals surface area contributed by atoms with Crippen LogP contribution in [0.1, 0.15) is 19.3 Å². The van der Waals surface area contributed by atoms with E-state index in [4.69, 9.17) is 22.7 Å². The summed E-state index contributed by atoms with van der Waals surface area (Å²) in [6.45, 7) is 0.587. The third-order valence-corrected chi connectivity index (χ3v) is 3.18. The molecule has 0 aromatic rings. The molecule has 5 heteroatoms. The molecule has 0 bridgehead atoms. The minimum absolute atomic E-state index is 0.00764. The molecule has 1 aliphatic carbocycles. The Morgan fingerprint density at radius 3 is 2.85 bits per heavy atom. The molecule has 1 saturated heterocycles. The van der Waals surface area contributed by atoms with Crippen LogP contribution in [0.2, 0.25) is 0 Å². The van der Waals surface area contributed by atoms with E-state index in [1.165, 1.54) is 0 Å². The Morgan fingerprint density at radius 1 is 1.77 bits per heavy atom. The van der Waals surface area contributed by atoms with Gasteiger partial charge in [0.05, 0.1) is 11.5 Å². The highest BCUT2D eigenvalue weighted by Gasteiger charge is 2.48. The van der Waals surface area contributed by atoms with Crippen molar-refractivity contribution < 1.29 is 9.53 Å². The predicted molar refractivity (Wildman–Crippen MR) is 51.3 cm³/mol. The van der Waals surface area contributed by atoms with Crippen LogP contribution in [-0.2, 0) is 4.74 Å². The number of ether oxygens (including phenoxy) is 1. The maximum absolute atomic E-state index is 10.7. The largest absolute Gasteiger partial charge is 0.444 e. The fraction of sp³-hybridized carbons (Fsp3) is 0.750. The molecular weight excluding hydrogens is 188 g/mol. The van der Waals surface area contributed by atoms with Crippen LogP contribution in [0.25, 0.3) is 0 Å². The number of alkyl carbamates (subject to hydrolysis) is 1. The SMILES string of the molecule is NC(=S)C1(CC2CNC(=O)O2)CC1. The predicted octanol–water partition coefficient (Wildman–Crippen LogP) is 0.551. The van der Waals surface area contributed by atoms with Crippen molar-refractivity contribution in [3.05, 3.63) is 0 Å². The van der Waals surface area contributed by atoms with Gasteiger partial charge >= 0.3 is 6.09 Å². The number of nitrogens with one attached hydrogen (secondary N) is 1. The van der Waals surface area contributed by atoms with Crippen molar-refractivity contribution in [1.82, 2.24) is 5.32 Å². The lowest BCUT2D eigenvalue weighted by molar-refractivity contribution is 0.129. The number of cyclic esters (lactones) is 1. The van der Waals surface area contributed by atoms with E-state index in [2.05, 4.69) is 5.32 Å². The molecule has 0 aromatic heterocycles. The van der Waals surface area contributed by atoms with E-state index in [0.29, 0.717) is 11.5 Å². The van der Waals surface area contributed by atoms with Crippen molar-refractivity contribution in [2.75, 3.05) is 6.54 Å². The summed E-state index contributed by atoms with van der Waals surface area (Å²) < 4.78 is 5.02. The van der Waals surface area contributed by atoms with E-state index >= 15 is 0 Å². The van der Waals surface area contributed by atoms with E-state index in [-0.39, 0.29) is 17.6 Å². The molecule has 1 heterocycles. The van der Waals surface area contributed by atoms with E-state index in [0.717, 1.165) is 19.3 Å². The maximum atomic E-state index is 10.7. The summed E-state index contributed by atoms with van der Waals surface area (Å²) in [5.74, 6) is 0. The fourth-order valence-corrected chi connectivity index (χ4v) is 1.97. The van der Waals surface area contributed by atoms with E-state index < -0.39 is 0 Å². The van der Waals surface area contributed by atoms with E-state index in [1.807, 2.05) is 0 Å². The van der Waals surface area contributed by atoms with Crippen molar-refractivity contribution in [3.8, 4) is 0 Å². The van der Waals surface area contributed by atoms with Gasteiger partial charge in [0.15, 0.2) is 0 Å². The number of thiocarbonyl (C=S) groups is 1. The minimum Gasteiger partial charge on any atom is -0.444 e. The normalized spacial score (nSPS) is 29.2. The van der Waals surface area contributed by atoms with Gasteiger partial charge < -0.3 is 15.8 Å². The number of rotatable bonds is 3. The second-order valence-corrected chi connectivity index (χ2v) is 4.20. The van der Waals surface area contributed by atoms with Gasteiger partial charge in [-0.3, -0.25) is 0 Å². The quantitative estimate of drug-likeness (QED) is 0.653. The Morgan fingerprint density at radius 2 is 2.46 bits per heavy atom. The number of hydrogen-bond donors (Lipinski definition) is 2. The highest BCUT2D eigenvalue weighted by Crippen LogP contribution is 2.50. The Hall–Kier alpha value is -0.840. The average Bonchev–Trinajstić information content (AvgIpc) is 2.72. The zero-order valence-electron chi connectivity index (χ0n) is 7.21. The molecule has 1 aliphatic heterocycles. The average molecular weight is 200 g/mol.